The van der Waals surface area contributed by atoms with E-state index in [1.165, 1.54) is 6.26 Å². The Morgan fingerprint density at radius 2 is 1.60 bits per heavy atom. The maximum absolute atomic E-state index is 11.7. The number of hydrogen-bond donors (Lipinski definition) is 2. The molecule has 0 spiro atoms. The van der Waals surface area contributed by atoms with Crippen molar-refractivity contribution in [2.75, 3.05) is 25.6 Å². The molecule has 0 saturated carbocycles. The average Bonchev–Trinajstić information content (AvgIpc) is 2.68. The number of anilines is 1. The summed E-state index contributed by atoms with van der Waals surface area (Å²) in [5, 5.41) is 0. The molecule has 0 atom stereocenters. The Labute approximate surface area is 176 Å². The van der Waals surface area contributed by atoms with Crippen LogP contribution in [0.3, 0.4) is 0 Å². The Morgan fingerprint density at radius 1 is 1.00 bits per heavy atom. The number of carbonyl (C=O) groups excluding carboxylic acids is 1. The molecule has 8 heteroatoms. The summed E-state index contributed by atoms with van der Waals surface area (Å²) in [5.74, 6) is 0.0412. The molecule has 1 amide bonds. The van der Waals surface area contributed by atoms with Gasteiger partial charge in [0, 0.05) is 30.1 Å². The first-order chi connectivity index (χ1) is 14.1. The zero-order chi connectivity index (χ0) is 21.9. The minimum Gasteiger partial charge on any atom is -0.383 e. The molecule has 3 rings (SSSR count). The number of benzene rings is 2. The predicted molar refractivity (Wildman–Crippen MR) is 118 cm³/mol. The van der Waals surface area contributed by atoms with Crippen LogP contribution in [-0.4, -0.2) is 44.1 Å². The van der Waals surface area contributed by atoms with Crippen LogP contribution in [0.1, 0.15) is 5.56 Å². The van der Waals surface area contributed by atoms with Gasteiger partial charge < -0.3 is 11.5 Å². The zero-order valence-corrected chi connectivity index (χ0v) is 17.7. The standard InChI is InChI=1S/C22H24N4O3S/c1-26(14-21(23)27)13-15-3-5-17(6-4-15)20-11-18(12-25-22(20)24)16-7-9-19(10-8-16)30(2,28)29/h3-12H,13-14H2,1-2H3,(H2,23,27)(H2,24,25). The fourth-order valence-corrected chi connectivity index (χ4v) is 3.81. The van der Waals surface area contributed by atoms with E-state index >= 15 is 0 Å². The van der Waals surface area contributed by atoms with Crippen LogP contribution in [0, 0.1) is 0 Å². The number of nitrogen functional groups attached to an aromatic ring is 1. The summed E-state index contributed by atoms with van der Waals surface area (Å²) in [4.78, 5) is 17.4. The lowest BCUT2D eigenvalue weighted by Gasteiger charge is -2.15. The first-order valence-corrected chi connectivity index (χ1v) is 11.1. The van der Waals surface area contributed by atoms with Crippen molar-refractivity contribution in [2.24, 2.45) is 5.73 Å². The van der Waals surface area contributed by atoms with Crippen molar-refractivity contribution in [1.29, 1.82) is 0 Å². The Hall–Kier alpha value is -3.23. The number of nitrogens with zero attached hydrogens (tertiary/aromatic N) is 2. The molecule has 30 heavy (non-hydrogen) atoms. The number of likely N-dealkylation sites (N-methyl/N-ethyl adjacent to an activating group) is 1. The molecule has 1 aromatic heterocycles. The van der Waals surface area contributed by atoms with Crippen LogP contribution >= 0.6 is 0 Å². The number of amides is 1. The SMILES string of the molecule is CN(CC(N)=O)Cc1ccc(-c2cc(-c3ccc(S(C)(=O)=O)cc3)cnc2N)cc1. The number of sulfone groups is 1. The van der Waals surface area contributed by atoms with Gasteiger partial charge in [0.15, 0.2) is 9.84 Å². The van der Waals surface area contributed by atoms with E-state index in [2.05, 4.69) is 4.98 Å². The van der Waals surface area contributed by atoms with Crippen LogP contribution in [-0.2, 0) is 21.2 Å². The summed E-state index contributed by atoms with van der Waals surface area (Å²) in [5.41, 5.74) is 15.8. The minimum atomic E-state index is -3.24. The monoisotopic (exact) mass is 424 g/mol. The quantitative estimate of drug-likeness (QED) is 0.601. The fraction of sp³-hybridized carbons (Fsp3) is 0.182. The van der Waals surface area contributed by atoms with Gasteiger partial charge >= 0.3 is 0 Å². The molecular weight excluding hydrogens is 400 g/mol. The molecule has 0 fully saturated rings. The molecular formula is C22H24N4O3S. The summed E-state index contributed by atoms with van der Waals surface area (Å²) in [6.07, 6.45) is 2.85. The second-order valence-corrected chi connectivity index (χ2v) is 9.30. The molecule has 1 heterocycles. The van der Waals surface area contributed by atoms with Gasteiger partial charge in [-0.05, 0) is 41.9 Å². The Kier molecular flexibility index (Phi) is 6.19. The van der Waals surface area contributed by atoms with E-state index in [9.17, 15) is 13.2 Å². The number of nitrogens with two attached hydrogens (primary N) is 2. The van der Waals surface area contributed by atoms with Crippen LogP contribution in [0.2, 0.25) is 0 Å². The van der Waals surface area contributed by atoms with E-state index in [0.717, 1.165) is 27.8 Å². The molecule has 0 unspecified atom stereocenters. The average molecular weight is 425 g/mol. The van der Waals surface area contributed by atoms with Crippen molar-refractivity contribution < 1.29 is 13.2 Å². The van der Waals surface area contributed by atoms with Crippen LogP contribution in [0.4, 0.5) is 5.82 Å². The van der Waals surface area contributed by atoms with Crippen molar-refractivity contribution >= 4 is 21.6 Å². The first-order valence-electron chi connectivity index (χ1n) is 9.25. The van der Waals surface area contributed by atoms with Gasteiger partial charge in [-0.1, -0.05) is 36.4 Å². The lowest BCUT2D eigenvalue weighted by Crippen LogP contribution is -2.30. The fourth-order valence-electron chi connectivity index (χ4n) is 3.18. The molecule has 0 radical (unpaired) electrons. The molecule has 7 nitrogen and oxygen atoms in total. The number of hydrogen-bond acceptors (Lipinski definition) is 6. The highest BCUT2D eigenvalue weighted by atomic mass is 32.2. The third kappa shape index (κ3) is 5.22. The van der Waals surface area contributed by atoms with Gasteiger partial charge in [0.25, 0.3) is 0 Å². The molecule has 2 aromatic carbocycles. The lowest BCUT2D eigenvalue weighted by molar-refractivity contribution is -0.118. The summed E-state index contributed by atoms with van der Waals surface area (Å²) in [6, 6.07) is 16.5. The van der Waals surface area contributed by atoms with Gasteiger partial charge in [-0.15, -0.1) is 0 Å². The van der Waals surface area contributed by atoms with E-state index in [-0.39, 0.29) is 17.3 Å². The molecule has 156 valence electrons. The molecule has 0 bridgehead atoms. The Balaban J connectivity index is 1.86. The van der Waals surface area contributed by atoms with Crippen molar-refractivity contribution in [1.82, 2.24) is 9.88 Å². The van der Waals surface area contributed by atoms with Crippen LogP contribution in [0.5, 0.6) is 0 Å². The highest BCUT2D eigenvalue weighted by Crippen LogP contribution is 2.30. The molecule has 4 N–H and O–H groups in total. The normalized spacial score (nSPS) is 11.6. The van der Waals surface area contributed by atoms with Crippen molar-refractivity contribution in [3.8, 4) is 22.3 Å². The maximum atomic E-state index is 11.7. The summed E-state index contributed by atoms with van der Waals surface area (Å²) < 4.78 is 23.3. The van der Waals surface area contributed by atoms with Gasteiger partial charge in [-0.2, -0.15) is 0 Å². The Morgan fingerprint density at radius 3 is 2.17 bits per heavy atom. The van der Waals surface area contributed by atoms with Crippen LogP contribution < -0.4 is 11.5 Å². The molecule has 0 aliphatic carbocycles. The van der Waals surface area contributed by atoms with Crippen molar-refractivity contribution in [3.63, 3.8) is 0 Å². The summed E-state index contributed by atoms with van der Waals surface area (Å²) in [7, 11) is -1.41. The number of aromatic nitrogens is 1. The molecule has 0 aliphatic heterocycles. The van der Waals surface area contributed by atoms with Crippen LogP contribution in [0.25, 0.3) is 22.3 Å². The van der Waals surface area contributed by atoms with Crippen molar-refractivity contribution in [2.45, 2.75) is 11.4 Å². The van der Waals surface area contributed by atoms with E-state index in [4.69, 9.17) is 11.5 Å². The van der Waals surface area contributed by atoms with E-state index < -0.39 is 9.84 Å². The molecule has 0 aliphatic rings. The topological polar surface area (TPSA) is 119 Å². The highest BCUT2D eigenvalue weighted by molar-refractivity contribution is 7.90. The second kappa shape index (κ2) is 8.64. The smallest absolute Gasteiger partial charge is 0.231 e. The third-order valence-electron chi connectivity index (χ3n) is 4.68. The second-order valence-electron chi connectivity index (χ2n) is 7.29. The van der Waals surface area contributed by atoms with Gasteiger partial charge in [0.2, 0.25) is 5.91 Å². The molecule has 0 saturated heterocycles. The highest BCUT2D eigenvalue weighted by Gasteiger charge is 2.10. The van der Waals surface area contributed by atoms with Gasteiger partial charge in [-0.3, -0.25) is 9.69 Å². The summed E-state index contributed by atoms with van der Waals surface area (Å²) >= 11 is 0. The van der Waals surface area contributed by atoms with E-state index in [1.807, 2.05) is 42.3 Å². The number of rotatable bonds is 7. The number of primary amides is 1. The number of pyridine rings is 1. The van der Waals surface area contributed by atoms with Gasteiger partial charge in [0.1, 0.15) is 5.82 Å². The largest absolute Gasteiger partial charge is 0.383 e. The first kappa shape index (κ1) is 21.5. The minimum absolute atomic E-state index is 0.193. The maximum Gasteiger partial charge on any atom is 0.231 e. The third-order valence-corrected chi connectivity index (χ3v) is 5.81. The van der Waals surface area contributed by atoms with Gasteiger partial charge in [0.05, 0.1) is 11.4 Å². The predicted octanol–water partition coefficient (Wildman–Crippen LogP) is 2.32. The van der Waals surface area contributed by atoms with Crippen LogP contribution in [0.15, 0.2) is 65.7 Å². The van der Waals surface area contributed by atoms with E-state index in [0.29, 0.717) is 12.4 Å². The van der Waals surface area contributed by atoms with Gasteiger partial charge in [-0.25, -0.2) is 13.4 Å². The zero-order valence-electron chi connectivity index (χ0n) is 16.9. The number of carbonyl (C=O) groups is 1. The lowest BCUT2D eigenvalue weighted by atomic mass is 10.00. The van der Waals surface area contributed by atoms with Crippen molar-refractivity contribution in [3.05, 3.63) is 66.4 Å². The summed E-state index contributed by atoms with van der Waals surface area (Å²) in [6.45, 7) is 0.794. The Bertz CT molecular complexity index is 1160. The molecule has 3 aromatic rings. The van der Waals surface area contributed by atoms with E-state index in [1.54, 1.807) is 30.5 Å².